The topological polar surface area (TPSA) is 41.6 Å². The average molecular weight is 304 g/mol. The van der Waals surface area contributed by atoms with Gasteiger partial charge < -0.3 is 15.0 Å². The Morgan fingerprint density at radius 1 is 1.23 bits per heavy atom. The maximum absolute atomic E-state index is 12.1. The highest BCUT2D eigenvalue weighted by Gasteiger charge is 2.19. The third-order valence-corrected chi connectivity index (χ3v) is 4.09. The van der Waals surface area contributed by atoms with E-state index in [-0.39, 0.29) is 5.91 Å². The van der Waals surface area contributed by atoms with Crippen LogP contribution in [0.25, 0.3) is 0 Å². The molecule has 4 nitrogen and oxygen atoms in total. The first-order chi connectivity index (χ1) is 10.7. The average Bonchev–Trinajstić information content (AvgIpc) is 2.52. The summed E-state index contributed by atoms with van der Waals surface area (Å²) in [4.78, 5) is 14.6. The standard InChI is InChI=1S/C18H28N2O2/c1-3-11-20-12-9-16(10-13-20)19-18(21)14-15-5-7-17(8-6-15)22-4-2/h5-8,16H,3-4,9-14H2,1-2H3,(H,19,21). The fourth-order valence-corrected chi connectivity index (χ4v) is 2.95. The summed E-state index contributed by atoms with van der Waals surface area (Å²) in [6.45, 7) is 8.21. The van der Waals surface area contributed by atoms with Crippen molar-refractivity contribution in [1.29, 1.82) is 0 Å². The molecular formula is C18H28N2O2. The number of likely N-dealkylation sites (tertiary alicyclic amines) is 1. The van der Waals surface area contributed by atoms with Gasteiger partial charge in [-0.3, -0.25) is 4.79 Å². The minimum Gasteiger partial charge on any atom is -0.494 e. The van der Waals surface area contributed by atoms with Gasteiger partial charge in [-0.1, -0.05) is 19.1 Å². The second kappa shape index (κ2) is 8.79. The SMILES string of the molecule is CCCN1CCC(NC(=O)Cc2ccc(OCC)cc2)CC1. The number of hydrogen-bond acceptors (Lipinski definition) is 3. The third-order valence-electron chi connectivity index (χ3n) is 4.09. The number of benzene rings is 1. The van der Waals surface area contributed by atoms with Crippen LogP contribution in [0.1, 0.15) is 38.7 Å². The second-order valence-corrected chi connectivity index (χ2v) is 5.94. The molecule has 22 heavy (non-hydrogen) atoms. The van der Waals surface area contributed by atoms with Gasteiger partial charge in [-0.05, 0) is 50.4 Å². The first-order valence-corrected chi connectivity index (χ1v) is 8.44. The van der Waals surface area contributed by atoms with Gasteiger partial charge in [0.1, 0.15) is 5.75 Å². The number of amides is 1. The van der Waals surface area contributed by atoms with Gasteiger partial charge in [-0.25, -0.2) is 0 Å². The smallest absolute Gasteiger partial charge is 0.224 e. The summed E-state index contributed by atoms with van der Waals surface area (Å²) in [5.74, 6) is 0.980. The summed E-state index contributed by atoms with van der Waals surface area (Å²) in [6, 6.07) is 8.12. The molecule has 1 amide bonds. The van der Waals surface area contributed by atoms with E-state index in [0.29, 0.717) is 19.1 Å². The van der Waals surface area contributed by atoms with Crippen LogP contribution in [0.3, 0.4) is 0 Å². The summed E-state index contributed by atoms with van der Waals surface area (Å²) in [5.41, 5.74) is 1.03. The summed E-state index contributed by atoms with van der Waals surface area (Å²) < 4.78 is 5.41. The highest BCUT2D eigenvalue weighted by atomic mass is 16.5. The molecule has 1 saturated heterocycles. The molecule has 0 radical (unpaired) electrons. The van der Waals surface area contributed by atoms with E-state index in [4.69, 9.17) is 4.74 Å². The van der Waals surface area contributed by atoms with Crippen molar-refractivity contribution >= 4 is 5.91 Å². The lowest BCUT2D eigenvalue weighted by atomic mass is 10.0. The van der Waals surface area contributed by atoms with Crippen molar-refractivity contribution in [2.45, 2.75) is 45.6 Å². The Kier molecular flexibility index (Phi) is 6.72. The van der Waals surface area contributed by atoms with Crippen LogP contribution >= 0.6 is 0 Å². The van der Waals surface area contributed by atoms with Crippen molar-refractivity contribution in [2.24, 2.45) is 0 Å². The van der Waals surface area contributed by atoms with Crippen LogP contribution in [0, 0.1) is 0 Å². The molecular weight excluding hydrogens is 276 g/mol. The lowest BCUT2D eigenvalue weighted by molar-refractivity contribution is -0.121. The monoisotopic (exact) mass is 304 g/mol. The Hall–Kier alpha value is -1.55. The van der Waals surface area contributed by atoms with Gasteiger partial charge in [-0.15, -0.1) is 0 Å². The number of hydrogen-bond donors (Lipinski definition) is 1. The molecule has 1 heterocycles. The first kappa shape index (κ1) is 16.8. The highest BCUT2D eigenvalue weighted by Crippen LogP contribution is 2.14. The number of nitrogens with zero attached hydrogens (tertiary/aromatic N) is 1. The molecule has 0 bridgehead atoms. The molecule has 1 aliphatic rings. The van der Waals surface area contributed by atoms with Gasteiger partial charge >= 0.3 is 0 Å². The van der Waals surface area contributed by atoms with E-state index in [1.807, 2.05) is 31.2 Å². The number of rotatable bonds is 7. The second-order valence-electron chi connectivity index (χ2n) is 5.94. The van der Waals surface area contributed by atoms with Crippen LogP contribution in [0.2, 0.25) is 0 Å². The molecule has 1 N–H and O–H groups in total. The maximum atomic E-state index is 12.1. The van der Waals surface area contributed by atoms with Crippen molar-refractivity contribution in [1.82, 2.24) is 10.2 Å². The van der Waals surface area contributed by atoms with E-state index in [1.165, 1.54) is 13.0 Å². The number of piperidine rings is 1. The molecule has 1 aromatic carbocycles. The molecule has 0 atom stereocenters. The molecule has 4 heteroatoms. The quantitative estimate of drug-likeness (QED) is 0.842. The molecule has 0 spiro atoms. The van der Waals surface area contributed by atoms with Crippen LogP contribution in [-0.2, 0) is 11.2 Å². The van der Waals surface area contributed by atoms with Crippen molar-refractivity contribution in [3.8, 4) is 5.75 Å². The molecule has 2 rings (SSSR count). The van der Waals surface area contributed by atoms with E-state index in [1.54, 1.807) is 0 Å². The van der Waals surface area contributed by atoms with Gasteiger partial charge in [0, 0.05) is 19.1 Å². The summed E-state index contributed by atoms with van der Waals surface area (Å²) in [5, 5.41) is 3.17. The minimum absolute atomic E-state index is 0.123. The lowest BCUT2D eigenvalue weighted by Crippen LogP contribution is -2.45. The summed E-state index contributed by atoms with van der Waals surface area (Å²) in [6.07, 6.45) is 3.78. The van der Waals surface area contributed by atoms with Crippen LogP contribution in [0.4, 0.5) is 0 Å². The number of carbonyl (C=O) groups excluding carboxylic acids is 1. The predicted molar refractivity (Wildman–Crippen MR) is 89.2 cm³/mol. The molecule has 0 saturated carbocycles. The molecule has 1 aromatic rings. The number of nitrogens with one attached hydrogen (secondary N) is 1. The van der Waals surface area contributed by atoms with E-state index in [9.17, 15) is 4.79 Å². The van der Waals surface area contributed by atoms with Crippen molar-refractivity contribution < 1.29 is 9.53 Å². The Morgan fingerprint density at radius 2 is 1.91 bits per heavy atom. The van der Waals surface area contributed by atoms with E-state index < -0.39 is 0 Å². The van der Waals surface area contributed by atoms with Gasteiger partial charge in [0.15, 0.2) is 0 Å². The van der Waals surface area contributed by atoms with Crippen LogP contribution < -0.4 is 10.1 Å². The Bertz CT molecular complexity index is 451. The molecule has 1 fully saturated rings. The fraction of sp³-hybridized carbons (Fsp3) is 0.611. The van der Waals surface area contributed by atoms with Crippen LogP contribution in [0.15, 0.2) is 24.3 Å². The van der Waals surface area contributed by atoms with E-state index >= 15 is 0 Å². The molecule has 0 aromatic heterocycles. The van der Waals surface area contributed by atoms with Crippen molar-refractivity contribution in [3.05, 3.63) is 29.8 Å². The zero-order valence-corrected chi connectivity index (χ0v) is 13.8. The first-order valence-electron chi connectivity index (χ1n) is 8.44. The van der Waals surface area contributed by atoms with Gasteiger partial charge in [-0.2, -0.15) is 0 Å². The van der Waals surface area contributed by atoms with Gasteiger partial charge in [0.05, 0.1) is 13.0 Å². The largest absolute Gasteiger partial charge is 0.494 e. The normalized spacial score (nSPS) is 16.5. The van der Waals surface area contributed by atoms with Crippen molar-refractivity contribution in [2.75, 3.05) is 26.2 Å². The highest BCUT2D eigenvalue weighted by molar-refractivity contribution is 5.78. The number of carbonyl (C=O) groups is 1. The Balaban J connectivity index is 1.74. The zero-order chi connectivity index (χ0) is 15.8. The van der Waals surface area contributed by atoms with Crippen molar-refractivity contribution in [3.63, 3.8) is 0 Å². The van der Waals surface area contributed by atoms with E-state index in [2.05, 4.69) is 17.1 Å². The lowest BCUT2D eigenvalue weighted by Gasteiger charge is -2.32. The number of ether oxygens (including phenoxy) is 1. The Labute approximate surface area is 133 Å². The van der Waals surface area contributed by atoms with Gasteiger partial charge in [0.25, 0.3) is 0 Å². The third kappa shape index (κ3) is 5.34. The minimum atomic E-state index is 0.123. The molecule has 0 unspecified atom stereocenters. The summed E-state index contributed by atoms with van der Waals surface area (Å²) >= 11 is 0. The van der Waals surface area contributed by atoms with Gasteiger partial charge in [0.2, 0.25) is 5.91 Å². The molecule has 1 aliphatic heterocycles. The van der Waals surface area contributed by atoms with Crippen LogP contribution in [-0.4, -0.2) is 43.1 Å². The molecule has 0 aliphatic carbocycles. The summed E-state index contributed by atoms with van der Waals surface area (Å²) in [7, 11) is 0. The maximum Gasteiger partial charge on any atom is 0.224 e. The molecule has 122 valence electrons. The van der Waals surface area contributed by atoms with Crippen LogP contribution in [0.5, 0.6) is 5.75 Å². The fourth-order valence-electron chi connectivity index (χ4n) is 2.95. The Morgan fingerprint density at radius 3 is 2.50 bits per heavy atom. The zero-order valence-electron chi connectivity index (χ0n) is 13.8. The van der Waals surface area contributed by atoms with E-state index in [0.717, 1.165) is 37.2 Å². The predicted octanol–water partition coefficient (Wildman–Crippen LogP) is 2.62.